The Morgan fingerprint density at radius 2 is 2.21 bits per heavy atom. The fraction of sp³-hybridized carbons (Fsp3) is 0.400. The molecule has 24 heavy (non-hydrogen) atoms. The molecule has 1 saturated carbocycles. The molecular formula is C20H22N2O2. The Kier molecular flexibility index (Phi) is 3.97. The molecule has 0 unspecified atom stereocenters. The van der Waals surface area contributed by atoms with Crippen LogP contribution in [-0.4, -0.2) is 23.5 Å². The van der Waals surface area contributed by atoms with Gasteiger partial charge in [0.05, 0.1) is 12.2 Å². The van der Waals surface area contributed by atoms with E-state index in [1.54, 1.807) is 6.20 Å². The van der Waals surface area contributed by atoms with Crippen molar-refractivity contribution in [2.45, 2.75) is 38.7 Å². The first kappa shape index (κ1) is 15.2. The largest absolute Gasteiger partial charge is 0.487 e. The Balaban J connectivity index is 1.48. The number of pyridine rings is 1. The molecular weight excluding hydrogens is 300 g/mol. The molecule has 1 amide bonds. The van der Waals surface area contributed by atoms with E-state index in [2.05, 4.69) is 29.4 Å². The number of hydrogen-bond acceptors (Lipinski definition) is 3. The zero-order valence-corrected chi connectivity index (χ0v) is 13.9. The predicted octanol–water partition coefficient (Wildman–Crippen LogP) is 3.28. The van der Waals surface area contributed by atoms with Crippen molar-refractivity contribution in [3.8, 4) is 17.0 Å². The number of aryl methyl sites for hydroxylation is 1. The van der Waals surface area contributed by atoms with Gasteiger partial charge in [0, 0.05) is 24.6 Å². The first-order chi connectivity index (χ1) is 11.7. The highest BCUT2D eigenvalue weighted by molar-refractivity contribution is 5.76. The van der Waals surface area contributed by atoms with E-state index in [0.29, 0.717) is 18.9 Å². The van der Waals surface area contributed by atoms with Crippen LogP contribution in [0.3, 0.4) is 0 Å². The molecule has 1 aliphatic heterocycles. The van der Waals surface area contributed by atoms with Crippen molar-refractivity contribution in [1.29, 1.82) is 0 Å². The highest BCUT2D eigenvalue weighted by atomic mass is 16.5. The van der Waals surface area contributed by atoms with Gasteiger partial charge < -0.3 is 10.1 Å². The van der Waals surface area contributed by atoms with Crippen LogP contribution in [0.1, 0.15) is 30.4 Å². The van der Waals surface area contributed by atoms with Crippen molar-refractivity contribution in [3.05, 3.63) is 47.7 Å². The number of fused-ring (bicyclic) bond motifs is 1. The molecule has 0 radical (unpaired) electrons. The highest BCUT2D eigenvalue weighted by Gasteiger charge is 2.28. The molecule has 124 valence electrons. The smallest absolute Gasteiger partial charge is 0.220 e. The van der Waals surface area contributed by atoms with Gasteiger partial charge in [-0.15, -0.1) is 0 Å². The van der Waals surface area contributed by atoms with E-state index in [0.717, 1.165) is 23.4 Å². The number of ether oxygens (including phenoxy) is 1. The lowest BCUT2D eigenvalue weighted by Gasteiger charge is -2.13. The summed E-state index contributed by atoms with van der Waals surface area (Å²) >= 11 is 0. The summed E-state index contributed by atoms with van der Waals surface area (Å²) in [5, 5.41) is 3.03. The lowest BCUT2D eigenvalue weighted by atomic mass is 10.0. The second-order valence-corrected chi connectivity index (χ2v) is 6.91. The van der Waals surface area contributed by atoms with Crippen molar-refractivity contribution in [2.75, 3.05) is 6.54 Å². The molecule has 0 spiro atoms. The maximum absolute atomic E-state index is 11.9. The standard InChI is InChI=1S/C20H22N2O2/c1-13-8-15-11-16(12-22-19(23)10-14-5-6-14)24-20(15)17(9-13)18-4-2-3-7-21-18/h2-4,7-9,14,16H,5-6,10-12H2,1H3,(H,22,23)/t16-/m0/s1. The van der Waals surface area contributed by atoms with E-state index < -0.39 is 0 Å². The molecule has 4 nitrogen and oxygen atoms in total. The fourth-order valence-electron chi connectivity index (χ4n) is 3.30. The first-order valence-corrected chi connectivity index (χ1v) is 8.67. The molecule has 4 heteroatoms. The Labute approximate surface area is 142 Å². The number of carbonyl (C=O) groups excluding carboxylic acids is 1. The van der Waals surface area contributed by atoms with E-state index in [-0.39, 0.29) is 12.0 Å². The summed E-state index contributed by atoms with van der Waals surface area (Å²) in [4.78, 5) is 16.3. The molecule has 0 saturated heterocycles. The topological polar surface area (TPSA) is 51.2 Å². The second-order valence-electron chi connectivity index (χ2n) is 6.91. The minimum atomic E-state index is 0.00687. The van der Waals surface area contributed by atoms with Gasteiger partial charge in [0.25, 0.3) is 0 Å². The first-order valence-electron chi connectivity index (χ1n) is 8.67. The van der Waals surface area contributed by atoms with Crippen molar-refractivity contribution < 1.29 is 9.53 Å². The summed E-state index contributed by atoms with van der Waals surface area (Å²) in [5.74, 6) is 1.68. The van der Waals surface area contributed by atoms with E-state index in [9.17, 15) is 4.79 Å². The predicted molar refractivity (Wildman–Crippen MR) is 92.9 cm³/mol. The molecule has 1 aliphatic carbocycles. The molecule has 4 rings (SSSR count). The zero-order chi connectivity index (χ0) is 16.5. The Morgan fingerprint density at radius 3 is 2.96 bits per heavy atom. The normalized spacial score (nSPS) is 18.8. The molecule has 2 aliphatic rings. The Bertz CT molecular complexity index is 754. The minimum Gasteiger partial charge on any atom is -0.487 e. The molecule has 1 aromatic carbocycles. The Morgan fingerprint density at radius 1 is 1.33 bits per heavy atom. The Hall–Kier alpha value is -2.36. The van der Waals surface area contributed by atoms with Gasteiger partial charge in [-0.1, -0.05) is 12.1 Å². The number of rotatable bonds is 5. The van der Waals surface area contributed by atoms with E-state index in [1.807, 2.05) is 18.2 Å². The van der Waals surface area contributed by atoms with Crippen LogP contribution in [0.5, 0.6) is 5.75 Å². The monoisotopic (exact) mass is 322 g/mol. The third-order valence-electron chi connectivity index (χ3n) is 4.68. The quantitative estimate of drug-likeness (QED) is 0.919. The molecule has 2 heterocycles. The van der Waals surface area contributed by atoms with Crippen LogP contribution in [0.25, 0.3) is 11.3 Å². The number of hydrogen-bond donors (Lipinski definition) is 1. The van der Waals surface area contributed by atoms with Crippen LogP contribution < -0.4 is 10.1 Å². The number of carbonyl (C=O) groups is 1. The summed E-state index contributed by atoms with van der Waals surface area (Å²) in [7, 11) is 0. The fourth-order valence-corrected chi connectivity index (χ4v) is 3.30. The van der Waals surface area contributed by atoms with Crippen LogP contribution >= 0.6 is 0 Å². The van der Waals surface area contributed by atoms with Gasteiger partial charge in [0.2, 0.25) is 5.91 Å². The maximum atomic E-state index is 11.9. The molecule has 2 aromatic rings. The second kappa shape index (κ2) is 6.27. The molecule has 1 fully saturated rings. The van der Waals surface area contributed by atoms with Crippen molar-refractivity contribution >= 4 is 5.91 Å². The molecule has 1 aromatic heterocycles. The molecule has 1 atom stereocenters. The van der Waals surface area contributed by atoms with E-state index >= 15 is 0 Å². The summed E-state index contributed by atoms with van der Waals surface area (Å²) in [5.41, 5.74) is 4.38. The van der Waals surface area contributed by atoms with Gasteiger partial charge in [-0.05, 0) is 55.0 Å². The van der Waals surface area contributed by atoms with E-state index in [4.69, 9.17) is 4.74 Å². The van der Waals surface area contributed by atoms with Gasteiger partial charge in [-0.25, -0.2) is 0 Å². The lowest BCUT2D eigenvalue weighted by Crippen LogP contribution is -2.34. The minimum absolute atomic E-state index is 0.00687. The van der Waals surface area contributed by atoms with Crippen LogP contribution in [0, 0.1) is 12.8 Å². The number of benzene rings is 1. The third-order valence-corrected chi connectivity index (χ3v) is 4.68. The maximum Gasteiger partial charge on any atom is 0.220 e. The highest BCUT2D eigenvalue weighted by Crippen LogP contribution is 2.39. The summed E-state index contributed by atoms with van der Waals surface area (Å²) < 4.78 is 6.16. The number of nitrogens with zero attached hydrogens (tertiary/aromatic N) is 1. The van der Waals surface area contributed by atoms with Crippen molar-refractivity contribution in [1.82, 2.24) is 10.3 Å². The summed E-state index contributed by atoms with van der Waals surface area (Å²) in [6, 6.07) is 10.2. The van der Waals surface area contributed by atoms with Gasteiger partial charge >= 0.3 is 0 Å². The third kappa shape index (κ3) is 3.28. The van der Waals surface area contributed by atoms with Crippen LogP contribution in [0.2, 0.25) is 0 Å². The number of aromatic nitrogens is 1. The molecule has 1 N–H and O–H groups in total. The van der Waals surface area contributed by atoms with Crippen molar-refractivity contribution in [3.63, 3.8) is 0 Å². The molecule has 0 bridgehead atoms. The van der Waals surface area contributed by atoms with Crippen LogP contribution in [0.15, 0.2) is 36.5 Å². The van der Waals surface area contributed by atoms with Gasteiger partial charge in [0.1, 0.15) is 11.9 Å². The SMILES string of the molecule is Cc1cc2c(c(-c3ccccn3)c1)O[C@H](CNC(=O)CC1CC1)C2. The van der Waals surface area contributed by atoms with Gasteiger partial charge in [-0.3, -0.25) is 9.78 Å². The average molecular weight is 322 g/mol. The summed E-state index contributed by atoms with van der Waals surface area (Å²) in [6.07, 6.45) is 5.71. The van der Waals surface area contributed by atoms with Crippen molar-refractivity contribution in [2.24, 2.45) is 5.92 Å². The van der Waals surface area contributed by atoms with Crippen LogP contribution in [-0.2, 0) is 11.2 Å². The number of amides is 1. The van der Waals surface area contributed by atoms with E-state index in [1.165, 1.54) is 24.0 Å². The van der Waals surface area contributed by atoms with Gasteiger partial charge in [-0.2, -0.15) is 0 Å². The zero-order valence-electron chi connectivity index (χ0n) is 13.9. The summed E-state index contributed by atoms with van der Waals surface area (Å²) in [6.45, 7) is 2.67. The lowest BCUT2D eigenvalue weighted by molar-refractivity contribution is -0.121. The van der Waals surface area contributed by atoms with Crippen LogP contribution in [0.4, 0.5) is 0 Å². The number of nitrogens with one attached hydrogen (secondary N) is 1. The average Bonchev–Trinajstić information content (AvgIpc) is 3.30. The van der Waals surface area contributed by atoms with Gasteiger partial charge in [0.15, 0.2) is 0 Å².